The van der Waals surface area contributed by atoms with Crippen LogP contribution in [0, 0.1) is 11.8 Å². The molecule has 4 nitrogen and oxygen atoms in total. The first-order valence-corrected chi connectivity index (χ1v) is 7.75. The van der Waals surface area contributed by atoms with Gasteiger partial charge in [0.25, 0.3) is 0 Å². The number of hydrogen-bond donors (Lipinski definition) is 2. The second-order valence-corrected chi connectivity index (χ2v) is 6.41. The van der Waals surface area contributed by atoms with E-state index in [4.69, 9.17) is 18.0 Å². The minimum atomic E-state index is 0.0359. The smallest absolute Gasteiger partial charge is 0.225 e. The van der Waals surface area contributed by atoms with Crippen LogP contribution in [0.3, 0.4) is 0 Å². The number of hydrogen-bond acceptors (Lipinski definition) is 3. The van der Waals surface area contributed by atoms with Crippen LogP contribution in [-0.2, 0) is 4.79 Å². The predicted octanol–water partition coefficient (Wildman–Crippen LogP) is 2.24. The zero-order valence-corrected chi connectivity index (χ0v) is 13.5. The van der Waals surface area contributed by atoms with E-state index >= 15 is 0 Å². The summed E-state index contributed by atoms with van der Waals surface area (Å²) in [5.74, 6) is 1.72. The van der Waals surface area contributed by atoms with Gasteiger partial charge in [-0.3, -0.25) is 4.79 Å². The number of anilines is 1. The van der Waals surface area contributed by atoms with Crippen molar-refractivity contribution >= 4 is 28.8 Å². The maximum absolute atomic E-state index is 11.9. The van der Waals surface area contributed by atoms with Crippen molar-refractivity contribution in [3.05, 3.63) is 29.8 Å². The lowest BCUT2D eigenvalue weighted by Gasteiger charge is -2.16. The van der Waals surface area contributed by atoms with E-state index in [0.29, 0.717) is 11.4 Å². The summed E-state index contributed by atoms with van der Waals surface area (Å²) in [6.45, 7) is 4.17. The normalized spacial score (nSPS) is 20.3. The lowest BCUT2D eigenvalue weighted by molar-refractivity contribution is -0.116. The number of nitrogens with zero attached hydrogens (tertiary/aromatic N) is 1. The molecule has 0 heterocycles. The fraction of sp³-hybridized carbons (Fsp3) is 0.500. The molecule has 0 saturated heterocycles. The standard InChI is InChI=1S/C16H23N3OS/c1-11-9-13(11)10-19(2)8-7-15(20)18-14-5-3-12(4-6-14)16(17)21/h3-6,11,13H,7-10H2,1-2H3,(H2,17,21)(H,18,20). The van der Waals surface area contributed by atoms with Crippen molar-refractivity contribution in [2.45, 2.75) is 19.8 Å². The van der Waals surface area contributed by atoms with E-state index in [1.165, 1.54) is 6.42 Å². The van der Waals surface area contributed by atoms with E-state index in [2.05, 4.69) is 24.2 Å². The van der Waals surface area contributed by atoms with E-state index in [9.17, 15) is 4.79 Å². The van der Waals surface area contributed by atoms with E-state index in [1.807, 2.05) is 24.3 Å². The largest absolute Gasteiger partial charge is 0.389 e. The van der Waals surface area contributed by atoms with Crippen LogP contribution in [-0.4, -0.2) is 35.9 Å². The summed E-state index contributed by atoms with van der Waals surface area (Å²) in [7, 11) is 2.08. The molecule has 3 N–H and O–H groups in total. The fourth-order valence-electron chi connectivity index (χ4n) is 2.38. The number of carbonyl (C=O) groups excluding carboxylic acids is 1. The fourth-order valence-corrected chi connectivity index (χ4v) is 2.51. The summed E-state index contributed by atoms with van der Waals surface area (Å²) >= 11 is 4.90. The van der Waals surface area contributed by atoms with Gasteiger partial charge in [0, 0.05) is 30.8 Å². The van der Waals surface area contributed by atoms with Crippen molar-refractivity contribution in [1.82, 2.24) is 4.90 Å². The van der Waals surface area contributed by atoms with Crippen molar-refractivity contribution in [2.75, 3.05) is 25.5 Å². The van der Waals surface area contributed by atoms with Crippen molar-refractivity contribution < 1.29 is 4.79 Å². The van der Waals surface area contributed by atoms with Crippen LogP contribution in [0.25, 0.3) is 0 Å². The van der Waals surface area contributed by atoms with Gasteiger partial charge in [-0.15, -0.1) is 0 Å². The third kappa shape index (κ3) is 5.10. The number of carbonyl (C=O) groups is 1. The molecule has 0 aliphatic heterocycles. The molecule has 1 amide bonds. The average Bonchev–Trinajstić information content (AvgIpc) is 3.12. The Morgan fingerprint density at radius 2 is 2.05 bits per heavy atom. The van der Waals surface area contributed by atoms with Crippen molar-refractivity contribution in [1.29, 1.82) is 0 Å². The number of amides is 1. The molecule has 114 valence electrons. The van der Waals surface area contributed by atoms with Gasteiger partial charge in [0.05, 0.1) is 0 Å². The topological polar surface area (TPSA) is 58.4 Å². The Balaban J connectivity index is 1.72. The van der Waals surface area contributed by atoms with E-state index < -0.39 is 0 Å². The highest BCUT2D eigenvalue weighted by Crippen LogP contribution is 2.37. The molecule has 2 rings (SSSR count). The van der Waals surface area contributed by atoms with Gasteiger partial charge in [0.2, 0.25) is 5.91 Å². The van der Waals surface area contributed by atoms with Crippen LogP contribution in [0.1, 0.15) is 25.3 Å². The number of benzene rings is 1. The van der Waals surface area contributed by atoms with Crippen LogP contribution in [0.5, 0.6) is 0 Å². The molecule has 21 heavy (non-hydrogen) atoms. The molecule has 0 bridgehead atoms. The molecule has 1 fully saturated rings. The highest BCUT2D eigenvalue weighted by Gasteiger charge is 2.32. The van der Waals surface area contributed by atoms with Crippen molar-refractivity contribution in [3.63, 3.8) is 0 Å². The average molecular weight is 305 g/mol. The van der Waals surface area contributed by atoms with Gasteiger partial charge in [-0.25, -0.2) is 0 Å². The lowest BCUT2D eigenvalue weighted by atomic mass is 10.2. The summed E-state index contributed by atoms with van der Waals surface area (Å²) in [6.07, 6.45) is 1.83. The van der Waals surface area contributed by atoms with Gasteiger partial charge in [-0.05, 0) is 49.6 Å². The lowest BCUT2D eigenvalue weighted by Crippen LogP contribution is -2.26. The van der Waals surface area contributed by atoms with Crippen LogP contribution >= 0.6 is 12.2 Å². The van der Waals surface area contributed by atoms with E-state index in [-0.39, 0.29) is 5.91 Å². The summed E-state index contributed by atoms with van der Waals surface area (Å²) in [5, 5.41) is 2.89. The Morgan fingerprint density at radius 3 is 2.57 bits per heavy atom. The van der Waals surface area contributed by atoms with Gasteiger partial charge in [-0.1, -0.05) is 19.1 Å². The van der Waals surface area contributed by atoms with Gasteiger partial charge >= 0.3 is 0 Å². The molecule has 1 saturated carbocycles. The Labute approximate surface area is 131 Å². The third-order valence-corrected chi connectivity index (χ3v) is 4.23. The van der Waals surface area contributed by atoms with E-state index in [1.54, 1.807) is 0 Å². The predicted molar refractivity (Wildman–Crippen MR) is 90.3 cm³/mol. The number of nitrogens with one attached hydrogen (secondary N) is 1. The molecule has 2 atom stereocenters. The van der Waals surface area contributed by atoms with Crippen LogP contribution in [0.4, 0.5) is 5.69 Å². The SMILES string of the molecule is CC1CC1CN(C)CCC(=O)Nc1ccc(C(N)=S)cc1. The summed E-state index contributed by atoms with van der Waals surface area (Å²) < 4.78 is 0. The first-order chi connectivity index (χ1) is 9.95. The zero-order chi connectivity index (χ0) is 15.4. The molecule has 0 aromatic heterocycles. The van der Waals surface area contributed by atoms with Crippen molar-refractivity contribution in [2.24, 2.45) is 17.6 Å². The number of rotatable bonds is 7. The van der Waals surface area contributed by atoms with Gasteiger partial charge < -0.3 is 16.0 Å². The highest BCUT2D eigenvalue weighted by molar-refractivity contribution is 7.80. The molecule has 0 spiro atoms. The van der Waals surface area contributed by atoms with Crippen LogP contribution in [0.2, 0.25) is 0 Å². The summed E-state index contributed by atoms with van der Waals surface area (Å²) in [4.78, 5) is 14.5. The first-order valence-electron chi connectivity index (χ1n) is 7.34. The quantitative estimate of drug-likeness (QED) is 0.759. The van der Waals surface area contributed by atoms with Crippen LogP contribution < -0.4 is 11.1 Å². The third-order valence-electron chi connectivity index (χ3n) is 4.00. The monoisotopic (exact) mass is 305 g/mol. The maximum atomic E-state index is 11.9. The molecular formula is C16H23N3OS. The Morgan fingerprint density at radius 1 is 1.43 bits per heavy atom. The molecule has 5 heteroatoms. The Kier molecular flexibility index (Phi) is 5.31. The molecule has 1 aromatic carbocycles. The van der Waals surface area contributed by atoms with E-state index in [0.717, 1.165) is 36.2 Å². The summed E-state index contributed by atoms with van der Waals surface area (Å²) in [6, 6.07) is 7.28. The van der Waals surface area contributed by atoms with Crippen molar-refractivity contribution in [3.8, 4) is 0 Å². The van der Waals surface area contributed by atoms with Gasteiger partial charge in [-0.2, -0.15) is 0 Å². The Hall–Kier alpha value is -1.46. The van der Waals surface area contributed by atoms with Gasteiger partial charge in [0.15, 0.2) is 0 Å². The number of thiocarbonyl (C=S) groups is 1. The Bertz CT molecular complexity index is 515. The second-order valence-electron chi connectivity index (χ2n) is 5.98. The first kappa shape index (κ1) is 15.9. The van der Waals surface area contributed by atoms with Gasteiger partial charge in [0.1, 0.15) is 4.99 Å². The molecule has 1 aliphatic carbocycles. The molecule has 1 aromatic rings. The molecule has 2 unspecified atom stereocenters. The maximum Gasteiger partial charge on any atom is 0.225 e. The summed E-state index contributed by atoms with van der Waals surface area (Å²) in [5.41, 5.74) is 7.12. The molecule has 1 aliphatic rings. The minimum absolute atomic E-state index is 0.0359. The van der Waals surface area contributed by atoms with Crippen LogP contribution in [0.15, 0.2) is 24.3 Å². The molecule has 0 radical (unpaired) electrons. The highest BCUT2D eigenvalue weighted by atomic mass is 32.1. The minimum Gasteiger partial charge on any atom is -0.389 e. The zero-order valence-electron chi connectivity index (χ0n) is 12.6. The second kappa shape index (κ2) is 7.00. The number of nitrogens with two attached hydrogens (primary N) is 1. The molecular weight excluding hydrogens is 282 g/mol.